The Bertz CT molecular complexity index is 614. The van der Waals surface area contributed by atoms with Gasteiger partial charge in [-0.25, -0.2) is 4.79 Å². The molecule has 2 aliphatic rings. The lowest BCUT2D eigenvalue weighted by molar-refractivity contribution is -0.177. The van der Waals surface area contributed by atoms with Gasteiger partial charge in [0.05, 0.1) is 16.5 Å². The van der Waals surface area contributed by atoms with Gasteiger partial charge in [0.15, 0.2) is 0 Å². The van der Waals surface area contributed by atoms with Crippen molar-refractivity contribution >= 4 is 17.8 Å². The third-order valence-corrected chi connectivity index (χ3v) is 3.71. The zero-order valence-electron chi connectivity index (χ0n) is 11.0. The van der Waals surface area contributed by atoms with E-state index in [1.807, 2.05) is 6.08 Å². The van der Waals surface area contributed by atoms with Crippen LogP contribution < -0.4 is 0 Å². The molecule has 0 saturated heterocycles. The zero-order chi connectivity index (χ0) is 14.3. The predicted octanol–water partition coefficient (Wildman–Crippen LogP) is 2.10. The molecular formula is C15H13NO4. The normalized spacial score (nSPS) is 24.1. The fourth-order valence-electron chi connectivity index (χ4n) is 2.42. The molecule has 1 aromatic rings. The van der Waals surface area contributed by atoms with E-state index in [-0.39, 0.29) is 11.1 Å². The van der Waals surface area contributed by atoms with Gasteiger partial charge in [0, 0.05) is 0 Å². The van der Waals surface area contributed by atoms with Crippen molar-refractivity contribution in [3.05, 3.63) is 47.5 Å². The molecule has 5 nitrogen and oxygen atoms in total. The first-order chi connectivity index (χ1) is 9.53. The van der Waals surface area contributed by atoms with Crippen LogP contribution in [0.5, 0.6) is 0 Å². The maximum absolute atomic E-state index is 12.1. The van der Waals surface area contributed by atoms with E-state index < -0.39 is 23.2 Å². The molecule has 0 aromatic heterocycles. The van der Waals surface area contributed by atoms with Gasteiger partial charge in [-0.2, -0.15) is 0 Å². The molecule has 1 atom stereocenters. The minimum Gasteiger partial charge on any atom is -0.329 e. The number of carbonyl (C=O) groups is 3. The Morgan fingerprint density at radius 3 is 2.30 bits per heavy atom. The molecule has 0 saturated carbocycles. The number of rotatable bonds is 2. The third kappa shape index (κ3) is 1.74. The van der Waals surface area contributed by atoms with Crippen LogP contribution in [0.2, 0.25) is 0 Å². The summed E-state index contributed by atoms with van der Waals surface area (Å²) >= 11 is 0. The molecule has 20 heavy (non-hydrogen) atoms. The molecule has 0 bridgehead atoms. The van der Waals surface area contributed by atoms with E-state index in [1.165, 1.54) is 0 Å². The summed E-state index contributed by atoms with van der Waals surface area (Å²) in [4.78, 5) is 41.3. The third-order valence-electron chi connectivity index (χ3n) is 3.71. The highest BCUT2D eigenvalue weighted by Gasteiger charge is 2.42. The molecule has 1 aliphatic carbocycles. The Morgan fingerprint density at radius 2 is 1.80 bits per heavy atom. The fraction of sp³-hybridized carbons (Fsp3) is 0.267. The van der Waals surface area contributed by atoms with E-state index in [2.05, 4.69) is 0 Å². The summed E-state index contributed by atoms with van der Waals surface area (Å²) in [6.07, 6.45) is 5.06. The van der Waals surface area contributed by atoms with Crippen molar-refractivity contribution < 1.29 is 19.2 Å². The van der Waals surface area contributed by atoms with E-state index in [4.69, 9.17) is 4.84 Å². The summed E-state index contributed by atoms with van der Waals surface area (Å²) < 4.78 is 0. The van der Waals surface area contributed by atoms with Crippen molar-refractivity contribution in [1.29, 1.82) is 0 Å². The van der Waals surface area contributed by atoms with Gasteiger partial charge in [-0.3, -0.25) is 9.59 Å². The molecule has 102 valence electrons. The molecule has 1 heterocycles. The molecule has 0 spiro atoms. The largest absolute Gasteiger partial charge is 0.342 e. The summed E-state index contributed by atoms with van der Waals surface area (Å²) in [5, 5.41) is 0.560. The molecule has 3 rings (SSSR count). The summed E-state index contributed by atoms with van der Waals surface area (Å²) in [5.74, 6) is -1.77. The maximum Gasteiger partial charge on any atom is 0.342 e. The first-order valence-electron chi connectivity index (χ1n) is 6.41. The second kappa shape index (κ2) is 4.30. The van der Waals surface area contributed by atoms with Gasteiger partial charge in [0.25, 0.3) is 11.8 Å². The molecule has 0 radical (unpaired) electrons. The topological polar surface area (TPSA) is 63.7 Å². The van der Waals surface area contributed by atoms with Crippen molar-refractivity contribution in [1.82, 2.24) is 5.06 Å². The summed E-state index contributed by atoms with van der Waals surface area (Å²) in [6, 6.07) is 6.41. The average Bonchev–Trinajstić information content (AvgIpc) is 2.99. The Balaban J connectivity index is 1.84. The van der Waals surface area contributed by atoms with Crippen LogP contribution in [0, 0.1) is 5.41 Å². The second-order valence-corrected chi connectivity index (χ2v) is 5.19. The molecular weight excluding hydrogens is 258 g/mol. The fourth-order valence-corrected chi connectivity index (χ4v) is 2.42. The Hall–Kier alpha value is -2.43. The number of nitrogens with zero attached hydrogens (tertiary/aromatic N) is 1. The lowest BCUT2D eigenvalue weighted by Crippen LogP contribution is -2.37. The Kier molecular flexibility index (Phi) is 2.71. The van der Waals surface area contributed by atoms with Gasteiger partial charge in [0.2, 0.25) is 0 Å². The van der Waals surface area contributed by atoms with Gasteiger partial charge < -0.3 is 4.84 Å². The quantitative estimate of drug-likeness (QED) is 0.610. The molecule has 0 N–H and O–H groups in total. The highest BCUT2D eigenvalue weighted by molar-refractivity contribution is 6.20. The van der Waals surface area contributed by atoms with Crippen molar-refractivity contribution in [2.24, 2.45) is 5.41 Å². The van der Waals surface area contributed by atoms with Crippen LogP contribution in [0.3, 0.4) is 0 Å². The number of amides is 2. The number of benzene rings is 1. The number of hydrogen-bond acceptors (Lipinski definition) is 4. The zero-order valence-corrected chi connectivity index (χ0v) is 11.0. The van der Waals surface area contributed by atoms with E-state index in [0.717, 1.165) is 6.42 Å². The standard InChI is InChI=1S/C15H13NO4/c1-15(8-4-5-9-15)14(19)20-16-12(17)10-6-2-3-7-11(10)13(16)18/h2-4,6-8H,5,9H2,1H3. The first-order valence-corrected chi connectivity index (χ1v) is 6.41. The Morgan fingerprint density at radius 1 is 1.20 bits per heavy atom. The number of imide groups is 1. The second-order valence-electron chi connectivity index (χ2n) is 5.19. The smallest absolute Gasteiger partial charge is 0.329 e. The number of hydrogen-bond donors (Lipinski definition) is 0. The minimum atomic E-state index is -0.769. The highest BCUT2D eigenvalue weighted by atomic mass is 16.7. The van der Waals surface area contributed by atoms with Crippen molar-refractivity contribution in [2.45, 2.75) is 19.8 Å². The van der Waals surface area contributed by atoms with E-state index in [1.54, 1.807) is 37.3 Å². The molecule has 1 aromatic carbocycles. The van der Waals surface area contributed by atoms with Gasteiger partial charge in [-0.15, -0.1) is 0 Å². The summed E-state index contributed by atoms with van der Waals surface area (Å²) in [5.41, 5.74) is -0.246. The molecule has 1 unspecified atom stereocenters. The molecule has 0 fully saturated rings. The maximum atomic E-state index is 12.1. The van der Waals surface area contributed by atoms with Crippen molar-refractivity contribution in [3.8, 4) is 0 Å². The minimum absolute atomic E-state index is 0.261. The molecule has 5 heteroatoms. The number of carbonyl (C=O) groups excluding carboxylic acids is 3. The van der Waals surface area contributed by atoms with Crippen molar-refractivity contribution in [2.75, 3.05) is 0 Å². The van der Waals surface area contributed by atoms with Crippen LogP contribution in [0.25, 0.3) is 0 Å². The number of fused-ring (bicyclic) bond motifs is 1. The first kappa shape index (κ1) is 12.6. The van der Waals surface area contributed by atoms with E-state index in [0.29, 0.717) is 11.5 Å². The summed E-state index contributed by atoms with van der Waals surface area (Å²) in [7, 11) is 0. The van der Waals surface area contributed by atoms with Gasteiger partial charge in [-0.05, 0) is 31.9 Å². The summed E-state index contributed by atoms with van der Waals surface area (Å²) in [6.45, 7) is 1.73. The van der Waals surface area contributed by atoms with E-state index >= 15 is 0 Å². The Labute approximate surface area is 115 Å². The van der Waals surface area contributed by atoms with E-state index in [9.17, 15) is 14.4 Å². The molecule has 2 amide bonds. The number of allylic oxidation sites excluding steroid dienone is 1. The van der Waals surface area contributed by atoms with Crippen LogP contribution in [-0.4, -0.2) is 22.8 Å². The number of hydroxylamine groups is 2. The lowest BCUT2D eigenvalue weighted by atomic mass is 9.91. The van der Waals surface area contributed by atoms with Crippen LogP contribution in [0.1, 0.15) is 40.5 Å². The van der Waals surface area contributed by atoms with Crippen LogP contribution >= 0.6 is 0 Å². The lowest BCUT2D eigenvalue weighted by Gasteiger charge is -2.22. The van der Waals surface area contributed by atoms with Gasteiger partial charge in [0.1, 0.15) is 0 Å². The van der Waals surface area contributed by atoms with Gasteiger partial charge >= 0.3 is 5.97 Å². The average molecular weight is 271 g/mol. The molecule has 1 aliphatic heterocycles. The predicted molar refractivity (Wildman–Crippen MR) is 69.5 cm³/mol. The SMILES string of the molecule is CC1(C(=O)ON2C(=O)c3ccccc3C2=O)C=CCC1. The van der Waals surface area contributed by atoms with Gasteiger partial charge in [-0.1, -0.05) is 29.3 Å². The highest BCUT2D eigenvalue weighted by Crippen LogP contribution is 2.34. The van der Waals surface area contributed by atoms with Crippen LogP contribution in [0.15, 0.2) is 36.4 Å². The van der Waals surface area contributed by atoms with Crippen molar-refractivity contribution in [3.63, 3.8) is 0 Å². The van der Waals surface area contributed by atoms with Crippen LogP contribution in [-0.2, 0) is 9.63 Å². The van der Waals surface area contributed by atoms with Crippen LogP contribution in [0.4, 0.5) is 0 Å². The monoisotopic (exact) mass is 271 g/mol.